The van der Waals surface area contributed by atoms with Crippen molar-refractivity contribution in [2.75, 3.05) is 25.7 Å². The molecule has 6 nitrogen and oxygen atoms in total. The highest BCUT2D eigenvalue weighted by Crippen LogP contribution is 2.36. The number of anilines is 1. The van der Waals surface area contributed by atoms with Crippen molar-refractivity contribution in [1.82, 2.24) is 0 Å². The van der Waals surface area contributed by atoms with E-state index in [9.17, 15) is 14.7 Å². The maximum atomic E-state index is 11.8. The Labute approximate surface area is 110 Å². The fourth-order valence-electron chi connectivity index (χ4n) is 2.17. The molecule has 2 rings (SSSR count). The number of carbonyl (C=O) groups excluding carboxylic acids is 1. The lowest BCUT2D eigenvalue weighted by atomic mass is 10.1. The van der Waals surface area contributed by atoms with Gasteiger partial charge < -0.3 is 19.5 Å². The largest absolute Gasteiger partial charge is 0.493 e. The molecule has 6 heteroatoms. The molecule has 1 amide bonds. The molecule has 0 aromatic heterocycles. The molecule has 0 atom stereocenters. The third-order valence-corrected chi connectivity index (χ3v) is 3.10. The van der Waals surface area contributed by atoms with Gasteiger partial charge in [-0.3, -0.25) is 4.79 Å². The topological polar surface area (TPSA) is 76.1 Å². The molecule has 0 saturated carbocycles. The average Bonchev–Trinajstić information content (AvgIpc) is 2.83. The Hall–Kier alpha value is -2.24. The highest BCUT2D eigenvalue weighted by atomic mass is 16.5. The summed E-state index contributed by atoms with van der Waals surface area (Å²) in [5.74, 6) is -0.442. The smallest absolute Gasteiger partial charge is 0.337 e. The SMILES string of the molecule is COc1cc(C(=O)O)c(N2CCCC2=O)cc1OC. The summed E-state index contributed by atoms with van der Waals surface area (Å²) in [4.78, 5) is 24.6. The Balaban J connectivity index is 2.56. The van der Waals surface area contributed by atoms with E-state index < -0.39 is 5.97 Å². The monoisotopic (exact) mass is 265 g/mol. The summed E-state index contributed by atoms with van der Waals surface area (Å²) in [5, 5.41) is 9.26. The first-order valence-corrected chi connectivity index (χ1v) is 5.88. The molecule has 0 aliphatic carbocycles. The molecule has 1 saturated heterocycles. The number of hydrogen-bond donors (Lipinski definition) is 1. The van der Waals surface area contributed by atoms with Gasteiger partial charge in [-0.25, -0.2) is 4.79 Å². The number of aromatic carboxylic acids is 1. The number of amides is 1. The summed E-state index contributed by atoms with van der Waals surface area (Å²) >= 11 is 0. The minimum Gasteiger partial charge on any atom is -0.493 e. The second-order valence-corrected chi connectivity index (χ2v) is 4.18. The summed E-state index contributed by atoms with van der Waals surface area (Å²) in [6, 6.07) is 2.91. The molecule has 0 radical (unpaired) electrons. The first-order valence-electron chi connectivity index (χ1n) is 5.88. The van der Waals surface area contributed by atoms with Gasteiger partial charge in [0.2, 0.25) is 5.91 Å². The molecule has 0 spiro atoms. The molecule has 1 aliphatic heterocycles. The van der Waals surface area contributed by atoms with Crippen LogP contribution >= 0.6 is 0 Å². The number of benzene rings is 1. The van der Waals surface area contributed by atoms with Gasteiger partial charge in [0.25, 0.3) is 0 Å². The molecule has 1 aromatic carbocycles. The van der Waals surface area contributed by atoms with Crippen LogP contribution in [0.3, 0.4) is 0 Å². The van der Waals surface area contributed by atoms with Crippen molar-refractivity contribution in [2.45, 2.75) is 12.8 Å². The highest BCUT2D eigenvalue weighted by molar-refractivity contribution is 6.03. The molecule has 1 N–H and O–H groups in total. The lowest BCUT2D eigenvalue weighted by Crippen LogP contribution is -2.26. The second-order valence-electron chi connectivity index (χ2n) is 4.18. The van der Waals surface area contributed by atoms with Crippen LogP contribution in [0.5, 0.6) is 11.5 Å². The van der Waals surface area contributed by atoms with Crippen LogP contribution in [0.15, 0.2) is 12.1 Å². The number of nitrogens with zero attached hydrogens (tertiary/aromatic N) is 1. The van der Waals surface area contributed by atoms with Crippen molar-refractivity contribution in [3.8, 4) is 11.5 Å². The van der Waals surface area contributed by atoms with Crippen LogP contribution in [0.2, 0.25) is 0 Å². The zero-order valence-electron chi connectivity index (χ0n) is 10.8. The molecule has 1 fully saturated rings. The maximum Gasteiger partial charge on any atom is 0.337 e. The minimum atomic E-state index is -1.10. The summed E-state index contributed by atoms with van der Waals surface area (Å²) < 4.78 is 10.2. The molecule has 1 heterocycles. The van der Waals surface area contributed by atoms with E-state index in [1.54, 1.807) is 0 Å². The zero-order valence-corrected chi connectivity index (χ0v) is 10.8. The quantitative estimate of drug-likeness (QED) is 0.893. The van der Waals surface area contributed by atoms with Crippen LogP contribution in [-0.2, 0) is 4.79 Å². The summed E-state index contributed by atoms with van der Waals surface area (Å²) in [6.45, 7) is 0.522. The normalized spacial score (nSPS) is 14.6. The number of ether oxygens (including phenoxy) is 2. The Morgan fingerprint density at radius 1 is 1.26 bits per heavy atom. The van der Waals surface area contributed by atoms with Gasteiger partial charge in [-0.2, -0.15) is 0 Å². The van der Waals surface area contributed by atoms with E-state index in [2.05, 4.69) is 0 Å². The van der Waals surface area contributed by atoms with Gasteiger partial charge in [-0.15, -0.1) is 0 Å². The van der Waals surface area contributed by atoms with Crippen LogP contribution in [0.4, 0.5) is 5.69 Å². The molecular weight excluding hydrogens is 250 g/mol. The predicted octanol–water partition coefficient (Wildman–Crippen LogP) is 1.53. The van der Waals surface area contributed by atoms with E-state index in [-0.39, 0.29) is 11.5 Å². The fourth-order valence-corrected chi connectivity index (χ4v) is 2.17. The van der Waals surface area contributed by atoms with Gasteiger partial charge in [0.1, 0.15) is 0 Å². The van der Waals surface area contributed by atoms with Crippen molar-refractivity contribution in [1.29, 1.82) is 0 Å². The average molecular weight is 265 g/mol. The van der Waals surface area contributed by atoms with Gasteiger partial charge in [-0.1, -0.05) is 0 Å². The molecule has 1 aromatic rings. The van der Waals surface area contributed by atoms with Crippen molar-refractivity contribution in [3.63, 3.8) is 0 Å². The molecular formula is C13H15NO5. The summed E-state index contributed by atoms with van der Waals surface area (Å²) in [7, 11) is 2.90. The van der Waals surface area contributed by atoms with E-state index in [1.165, 1.54) is 31.3 Å². The van der Waals surface area contributed by atoms with Crippen LogP contribution in [0, 0.1) is 0 Å². The molecule has 0 bridgehead atoms. The Morgan fingerprint density at radius 2 is 1.89 bits per heavy atom. The van der Waals surface area contributed by atoms with Crippen LogP contribution in [0.25, 0.3) is 0 Å². The summed E-state index contributed by atoms with van der Waals surface area (Å²) in [6.07, 6.45) is 1.17. The summed E-state index contributed by atoms with van der Waals surface area (Å²) in [5.41, 5.74) is 0.389. The number of carbonyl (C=O) groups is 2. The molecule has 102 valence electrons. The van der Waals surface area contributed by atoms with Gasteiger partial charge >= 0.3 is 5.97 Å². The van der Waals surface area contributed by atoms with E-state index in [4.69, 9.17) is 9.47 Å². The van der Waals surface area contributed by atoms with Crippen LogP contribution in [-0.4, -0.2) is 37.7 Å². The van der Waals surface area contributed by atoms with Crippen LogP contribution < -0.4 is 14.4 Å². The fraction of sp³-hybridized carbons (Fsp3) is 0.385. The second kappa shape index (κ2) is 5.17. The number of hydrogen-bond acceptors (Lipinski definition) is 4. The highest BCUT2D eigenvalue weighted by Gasteiger charge is 2.27. The van der Waals surface area contributed by atoms with E-state index >= 15 is 0 Å². The third kappa shape index (κ3) is 2.33. The lowest BCUT2D eigenvalue weighted by Gasteiger charge is -2.20. The van der Waals surface area contributed by atoms with Crippen molar-refractivity contribution >= 4 is 17.6 Å². The zero-order chi connectivity index (χ0) is 14.0. The lowest BCUT2D eigenvalue weighted by molar-refractivity contribution is -0.117. The molecule has 19 heavy (non-hydrogen) atoms. The standard InChI is InChI=1S/C13H15NO5/c1-18-10-6-8(13(16)17)9(7-11(10)19-2)14-5-3-4-12(14)15/h6-7H,3-5H2,1-2H3,(H,16,17). The van der Waals surface area contributed by atoms with Gasteiger partial charge in [0.15, 0.2) is 11.5 Å². The number of carboxylic acid groups (broad SMARTS) is 1. The minimum absolute atomic E-state index is 0.0351. The van der Waals surface area contributed by atoms with Crippen LogP contribution in [0.1, 0.15) is 23.2 Å². The van der Waals surface area contributed by atoms with Crippen molar-refractivity contribution < 1.29 is 24.2 Å². The maximum absolute atomic E-state index is 11.8. The molecule has 0 unspecified atom stereocenters. The van der Waals surface area contributed by atoms with Gasteiger partial charge in [-0.05, 0) is 6.42 Å². The number of rotatable bonds is 4. The first kappa shape index (κ1) is 13.2. The van der Waals surface area contributed by atoms with Gasteiger partial charge in [0, 0.05) is 25.1 Å². The first-order chi connectivity index (χ1) is 9.08. The Kier molecular flexibility index (Phi) is 3.59. The van der Waals surface area contributed by atoms with Gasteiger partial charge in [0.05, 0.1) is 25.5 Å². The van der Waals surface area contributed by atoms with E-state index in [0.29, 0.717) is 30.2 Å². The van der Waals surface area contributed by atoms with Crippen molar-refractivity contribution in [2.24, 2.45) is 0 Å². The van der Waals surface area contributed by atoms with E-state index in [0.717, 1.165) is 6.42 Å². The predicted molar refractivity (Wildman–Crippen MR) is 68.1 cm³/mol. The Morgan fingerprint density at radius 3 is 2.37 bits per heavy atom. The third-order valence-electron chi connectivity index (χ3n) is 3.10. The Bertz CT molecular complexity index is 526. The van der Waals surface area contributed by atoms with Crippen molar-refractivity contribution in [3.05, 3.63) is 17.7 Å². The number of carboxylic acids is 1. The van der Waals surface area contributed by atoms with E-state index in [1.807, 2.05) is 0 Å². The molecule has 1 aliphatic rings. The number of methoxy groups -OCH3 is 2.